The van der Waals surface area contributed by atoms with Crippen LogP contribution >= 0.6 is 0 Å². The number of carboxylic acid groups (broad SMARTS) is 1. The maximum Gasteiger partial charge on any atom is 0.490 e. The Morgan fingerprint density at radius 1 is 1.32 bits per heavy atom. The van der Waals surface area contributed by atoms with Gasteiger partial charge in [-0.05, 0) is 12.0 Å². The fraction of sp³-hybridized carbons (Fsp3) is 0.550. The first-order valence-electron chi connectivity index (χ1n) is 9.87. The molecule has 8 nitrogen and oxygen atoms in total. The van der Waals surface area contributed by atoms with E-state index in [1.54, 1.807) is 0 Å². The highest BCUT2D eigenvalue weighted by atomic mass is 19.4. The summed E-state index contributed by atoms with van der Waals surface area (Å²) in [6.07, 6.45) is -3.98. The van der Waals surface area contributed by atoms with Crippen molar-refractivity contribution in [3.8, 4) is 0 Å². The standard InChI is InChI=1S/C18H24N4O2.C2HF3O2/c1-21-18-15(12-24-11-14-5-3-2-4-6-14)9-22(10-17(18)19-20-21)16-7-8-23-13-16;3-2(4,5)1(6)7/h2-6,15-16H,7-13H2,1H3;(H,6,7). The second-order valence-electron chi connectivity index (χ2n) is 7.49. The van der Waals surface area contributed by atoms with E-state index in [-0.39, 0.29) is 0 Å². The number of halogens is 3. The quantitative estimate of drug-likeness (QED) is 0.760. The number of ether oxygens (including phenoxy) is 2. The van der Waals surface area contributed by atoms with Crippen LogP contribution in [-0.2, 0) is 34.5 Å². The summed E-state index contributed by atoms with van der Waals surface area (Å²) < 4.78 is 45.2. The fourth-order valence-corrected chi connectivity index (χ4v) is 3.76. The Morgan fingerprint density at radius 2 is 2.03 bits per heavy atom. The molecule has 1 fully saturated rings. The summed E-state index contributed by atoms with van der Waals surface area (Å²) >= 11 is 0. The van der Waals surface area contributed by atoms with Gasteiger partial charge in [-0.3, -0.25) is 9.58 Å². The van der Waals surface area contributed by atoms with Gasteiger partial charge in [-0.25, -0.2) is 4.79 Å². The van der Waals surface area contributed by atoms with Gasteiger partial charge >= 0.3 is 12.1 Å². The van der Waals surface area contributed by atoms with E-state index in [0.29, 0.717) is 25.2 Å². The van der Waals surface area contributed by atoms with Gasteiger partial charge in [-0.15, -0.1) is 5.10 Å². The molecule has 31 heavy (non-hydrogen) atoms. The number of carboxylic acids is 1. The Hall–Kier alpha value is -2.50. The van der Waals surface area contributed by atoms with Crippen LogP contribution in [0.3, 0.4) is 0 Å². The van der Waals surface area contributed by atoms with Gasteiger partial charge in [0.25, 0.3) is 0 Å². The summed E-state index contributed by atoms with van der Waals surface area (Å²) in [5.74, 6) is -2.45. The molecule has 2 aromatic rings. The molecule has 2 aliphatic heterocycles. The van der Waals surface area contributed by atoms with Gasteiger partial charge < -0.3 is 14.6 Å². The van der Waals surface area contributed by atoms with Gasteiger partial charge in [0.15, 0.2) is 0 Å². The van der Waals surface area contributed by atoms with Crippen LogP contribution < -0.4 is 0 Å². The largest absolute Gasteiger partial charge is 0.490 e. The first-order chi connectivity index (χ1) is 14.8. The van der Waals surface area contributed by atoms with Crippen LogP contribution in [0.15, 0.2) is 30.3 Å². The molecular formula is C20H25F3N4O4. The number of fused-ring (bicyclic) bond motifs is 1. The number of aromatic nitrogens is 3. The van der Waals surface area contributed by atoms with Gasteiger partial charge in [-0.1, -0.05) is 35.5 Å². The Bertz CT molecular complexity index is 854. The van der Waals surface area contributed by atoms with Gasteiger partial charge in [0.1, 0.15) is 5.69 Å². The molecule has 0 amide bonds. The maximum atomic E-state index is 10.6. The maximum absolute atomic E-state index is 10.6. The molecule has 2 aliphatic rings. The monoisotopic (exact) mass is 442 g/mol. The lowest BCUT2D eigenvalue weighted by Gasteiger charge is -2.35. The van der Waals surface area contributed by atoms with Crippen molar-refractivity contribution in [1.29, 1.82) is 0 Å². The van der Waals surface area contributed by atoms with Crippen molar-refractivity contribution in [2.75, 3.05) is 26.4 Å². The smallest absolute Gasteiger partial charge is 0.475 e. The fourth-order valence-electron chi connectivity index (χ4n) is 3.76. The van der Waals surface area contributed by atoms with E-state index in [9.17, 15) is 13.2 Å². The summed E-state index contributed by atoms with van der Waals surface area (Å²) in [5, 5.41) is 15.7. The number of rotatable bonds is 5. The third kappa shape index (κ3) is 6.25. The van der Waals surface area contributed by atoms with Crippen molar-refractivity contribution in [3.05, 3.63) is 47.3 Å². The molecule has 2 unspecified atom stereocenters. The van der Waals surface area contributed by atoms with Crippen LogP contribution in [0, 0.1) is 0 Å². The van der Waals surface area contributed by atoms with Crippen molar-refractivity contribution in [2.45, 2.75) is 37.7 Å². The minimum atomic E-state index is -5.08. The molecule has 1 saturated heterocycles. The molecule has 0 spiro atoms. The third-order valence-electron chi connectivity index (χ3n) is 5.23. The SMILES string of the molecule is Cn1nnc2c1C(COCc1ccccc1)CN(C1CCOC1)C2.O=C(O)C(F)(F)F. The molecule has 0 saturated carbocycles. The lowest BCUT2D eigenvalue weighted by Crippen LogP contribution is -2.43. The summed E-state index contributed by atoms with van der Waals surface area (Å²) in [6.45, 7) is 4.87. The van der Waals surface area contributed by atoms with Crippen molar-refractivity contribution in [1.82, 2.24) is 19.9 Å². The lowest BCUT2D eigenvalue weighted by atomic mass is 9.97. The second kappa shape index (κ2) is 10.2. The molecule has 1 aromatic carbocycles. The zero-order chi connectivity index (χ0) is 22.4. The second-order valence-corrected chi connectivity index (χ2v) is 7.49. The molecule has 2 atom stereocenters. The van der Waals surface area contributed by atoms with E-state index in [4.69, 9.17) is 19.4 Å². The van der Waals surface area contributed by atoms with Gasteiger partial charge in [0.05, 0.1) is 25.5 Å². The Morgan fingerprint density at radius 3 is 2.65 bits per heavy atom. The molecule has 170 valence electrons. The molecule has 0 bridgehead atoms. The highest BCUT2D eigenvalue weighted by Crippen LogP contribution is 2.30. The molecule has 0 aliphatic carbocycles. The van der Waals surface area contributed by atoms with Crippen LogP contribution in [-0.4, -0.2) is 69.6 Å². The first-order valence-corrected chi connectivity index (χ1v) is 9.87. The molecule has 0 radical (unpaired) electrons. The third-order valence-corrected chi connectivity index (χ3v) is 5.23. The molecule has 3 heterocycles. The van der Waals surface area contributed by atoms with E-state index in [1.807, 2.05) is 29.9 Å². The highest BCUT2D eigenvalue weighted by molar-refractivity contribution is 5.73. The van der Waals surface area contributed by atoms with Crippen molar-refractivity contribution < 1.29 is 32.5 Å². The molecule has 11 heteroatoms. The summed E-state index contributed by atoms with van der Waals surface area (Å²) in [5.41, 5.74) is 3.51. The van der Waals surface area contributed by atoms with E-state index >= 15 is 0 Å². The molecule has 4 rings (SSSR count). The van der Waals surface area contributed by atoms with Gasteiger partial charge in [0.2, 0.25) is 0 Å². The van der Waals surface area contributed by atoms with Crippen molar-refractivity contribution in [3.63, 3.8) is 0 Å². The highest BCUT2D eigenvalue weighted by Gasteiger charge is 2.38. The Balaban J connectivity index is 0.000000339. The number of aliphatic carboxylic acids is 1. The number of carbonyl (C=O) groups is 1. The summed E-state index contributed by atoms with van der Waals surface area (Å²) in [4.78, 5) is 11.4. The van der Waals surface area contributed by atoms with Gasteiger partial charge in [0, 0.05) is 38.7 Å². The van der Waals surface area contributed by atoms with Crippen LogP contribution in [0.2, 0.25) is 0 Å². The van der Waals surface area contributed by atoms with Crippen LogP contribution in [0.5, 0.6) is 0 Å². The zero-order valence-electron chi connectivity index (χ0n) is 17.1. The van der Waals surface area contributed by atoms with Gasteiger partial charge in [-0.2, -0.15) is 13.2 Å². The summed E-state index contributed by atoms with van der Waals surface area (Å²) in [6, 6.07) is 10.8. The molecular weight excluding hydrogens is 417 g/mol. The Labute approximate surface area is 177 Å². The number of nitrogens with zero attached hydrogens (tertiary/aromatic N) is 4. The van der Waals surface area contributed by atoms with E-state index in [2.05, 4.69) is 27.3 Å². The average molecular weight is 442 g/mol. The summed E-state index contributed by atoms with van der Waals surface area (Å²) in [7, 11) is 1.98. The zero-order valence-corrected chi connectivity index (χ0v) is 17.1. The predicted octanol–water partition coefficient (Wildman–Crippen LogP) is 2.35. The topological polar surface area (TPSA) is 89.7 Å². The van der Waals surface area contributed by atoms with Crippen LogP contribution in [0.1, 0.15) is 29.3 Å². The van der Waals surface area contributed by atoms with E-state index in [0.717, 1.165) is 38.4 Å². The van der Waals surface area contributed by atoms with Crippen molar-refractivity contribution >= 4 is 5.97 Å². The number of alkyl halides is 3. The van der Waals surface area contributed by atoms with Crippen LogP contribution in [0.4, 0.5) is 13.2 Å². The first kappa shape index (κ1) is 23.2. The number of benzene rings is 1. The minimum absolute atomic E-state index is 0.304. The van der Waals surface area contributed by atoms with E-state index in [1.165, 1.54) is 11.3 Å². The number of hydrogen-bond acceptors (Lipinski definition) is 6. The van der Waals surface area contributed by atoms with Crippen molar-refractivity contribution in [2.24, 2.45) is 7.05 Å². The number of hydrogen-bond donors (Lipinski definition) is 1. The number of aryl methyl sites for hydroxylation is 1. The minimum Gasteiger partial charge on any atom is -0.475 e. The Kier molecular flexibility index (Phi) is 7.63. The molecule has 1 N–H and O–H groups in total. The average Bonchev–Trinajstić information content (AvgIpc) is 3.39. The predicted molar refractivity (Wildman–Crippen MR) is 103 cm³/mol. The van der Waals surface area contributed by atoms with Crippen LogP contribution in [0.25, 0.3) is 0 Å². The molecule has 1 aromatic heterocycles. The normalized spacial score (nSPS) is 21.3. The van der Waals surface area contributed by atoms with E-state index < -0.39 is 12.1 Å². The lowest BCUT2D eigenvalue weighted by molar-refractivity contribution is -0.192.